The summed E-state index contributed by atoms with van der Waals surface area (Å²) >= 11 is 0. The quantitative estimate of drug-likeness (QED) is 0.718. The van der Waals surface area contributed by atoms with Gasteiger partial charge in [0.15, 0.2) is 0 Å². The van der Waals surface area contributed by atoms with Crippen molar-refractivity contribution >= 4 is 5.91 Å². The number of halogens is 1. The van der Waals surface area contributed by atoms with E-state index >= 15 is 0 Å². The minimum atomic E-state index is -0.835. The lowest BCUT2D eigenvalue weighted by molar-refractivity contribution is -0.121. The number of nitrogens with one attached hydrogen (secondary N) is 2. The van der Waals surface area contributed by atoms with Gasteiger partial charge in [-0.3, -0.25) is 4.79 Å². The maximum Gasteiger partial charge on any atom is 0.224 e. The molecule has 0 saturated carbocycles. The van der Waals surface area contributed by atoms with Crippen LogP contribution in [0.4, 0.5) is 4.39 Å². The van der Waals surface area contributed by atoms with Crippen LogP contribution in [0.25, 0.3) is 0 Å². The number of benzene rings is 1. The summed E-state index contributed by atoms with van der Waals surface area (Å²) < 4.78 is 12.7. The first kappa shape index (κ1) is 13.0. The molecule has 1 aliphatic rings. The highest BCUT2D eigenvalue weighted by molar-refractivity contribution is 5.78. The Balaban J connectivity index is 1.80. The lowest BCUT2D eigenvalue weighted by atomic mass is 10.0. The number of aliphatic hydroxyl groups is 1. The van der Waals surface area contributed by atoms with Crippen LogP contribution >= 0.6 is 0 Å². The van der Waals surface area contributed by atoms with Crippen molar-refractivity contribution in [3.05, 3.63) is 35.6 Å². The van der Waals surface area contributed by atoms with E-state index in [4.69, 9.17) is 0 Å². The number of amides is 1. The van der Waals surface area contributed by atoms with E-state index in [1.165, 1.54) is 12.1 Å². The maximum atomic E-state index is 12.7. The molecule has 0 spiro atoms. The van der Waals surface area contributed by atoms with Crippen LogP contribution in [0.2, 0.25) is 0 Å². The fourth-order valence-electron chi connectivity index (χ4n) is 1.99. The van der Waals surface area contributed by atoms with Crippen LogP contribution in [0.3, 0.4) is 0 Å². The van der Waals surface area contributed by atoms with E-state index in [2.05, 4.69) is 10.6 Å². The first-order chi connectivity index (χ1) is 8.57. The van der Waals surface area contributed by atoms with Crippen molar-refractivity contribution in [3.63, 3.8) is 0 Å². The first-order valence-corrected chi connectivity index (χ1v) is 6.02. The Morgan fingerprint density at radius 1 is 1.44 bits per heavy atom. The van der Waals surface area contributed by atoms with Gasteiger partial charge in [-0.1, -0.05) is 12.1 Å². The minimum Gasteiger partial charge on any atom is -0.387 e. The van der Waals surface area contributed by atoms with Gasteiger partial charge >= 0.3 is 0 Å². The van der Waals surface area contributed by atoms with E-state index in [9.17, 15) is 14.3 Å². The van der Waals surface area contributed by atoms with Crippen LogP contribution in [0, 0.1) is 5.82 Å². The monoisotopic (exact) mass is 252 g/mol. The number of β-amino-alcohol motifs (C(OH)–C–C–N with tert-alkyl or cyclic N) is 1. The third-order valence-electron chi connectivity index (χ3n) is 3.11. The standard InChI is InChI=1S/C13H17FN2O2/c14-11-3-1-10(2-4-11)7-12(17)16-9-13(18)5-6-15-8-13/h1-4,15,18H,5-9H2,(H,16,17). The van der Waals surface area contributed by atoms with Crippen molar-refractivity contribution in [2.75, 3.05) is 19.6 Å². The third-order valence-corrected chi connectivity index (χ3v) is 3.11. The normalized spacial score (nSPS) is 23.0. The Morgan fingerprint density at radius 2 is 2.17 bits per heavy atom. The van der Waals surface area contributed by atoms with Crippen molar-refractivity contribution in [2.45, 2.75) is 18.4 Å². The average Bonchev–Trinajstić information content (AvgIpc) is 2.78. The SMILES string of the molecule is O=C(Cc1ccc(F)cc1)NCC1(O)CCNC1. The van der Waals surface area contributed by atoms with E-state index in [0.29, 0.717) is 13.0 Å². The molecule has 1 amide bonds. The molecule has 5 heteroatoms. The molecule has 2 rings (SSSR count). The predicted octanol–water partition coefficient (Wildman–Crippen LogP) is 0.209. The van der Waals surface area contributed by atoms with Gasteiger partial charge in [0.1, 0.15) is 5.82 Å². The molecule has 0 aromatic heterocycles. The highest BCUT2D eigenvalue weighted by Crippen LogP contribution is 2.12. The summed E-state index contributed by atoms with van der Waals surface area (Å²) in [4.78, 5) is 11.7. The Morgan fingerprint density at radius 3 is 2.78 bits per heavy atom. The van der Waals surface area contributed by atoms with E-state index in [-0.39, 0.29) is 24.7 Å². The van der Waals surface area contributed by atoms with Gasteiger partial charge in [0, 0.05) is 13.1 Å². The number of hydrogen-bond acceptors (Lipinski definition) is 3. The van der Waals surface area contributed by atoms with E-state index in [0.717, 1.165) is 12.1 Å². The Bertz CT molecular complexity index is 414. The molecule has 18 heavy (non-hydrogen) atoms. The summed E-state index contributed by atoms with van der Waals surface area (Å²) in [5.74, 6) is -0.479. The lowest BCUT2D eigenvalue weighted by Gasteiger charge is -2.21. The highest BCUT2D eigenvalue weighted by atomic mass is 19.1. The predicted molar refractivity (Wildman–Crippen MR) is 65.6 cm³/mol. The van der Waals surface area contributed by atoms with Gasteiger partial charge in [-0.15, -0.1) is 0 Å². The Labute approximate surface area is 105 Å². The molecule has 1 aromatic rings. The molecule has 1 aromatic carbocycles. The number of carbonyl (C=O) groups is 1. The second kappa shape index (κ2) is 5.46. The maximum absolute atomic E-state index is 12.7. The second-order valence-electron chi connectivity index (χ2n) is 4.73. The summed E-state index contributed by atoms with van der Waals surface area (Å²) in [5, 5.41) is 15.8. The van der Waals surface area contributed by atoms with Gasteiger partial charge < -0.3 is 15.7 Å². The van der Waals surface area contributed by atoms with Gasteiger partial charge in [0.25, 0.3) is 0 Å². The molecule has 0 radical (unpaired) electrons. The Hall–Kier alpha value is -1.46. The van der Waals surface area contributed by atoms with Crippen LogP contribution in [-0.2, 0) is 11.2 Å². The molecule has 0 aliphatic carbocycles. The lowest BCUT2D eigenvalue weighted by Crippen LogP contribution is -2.44. The largest absolute Gasteiger partial charge is 0.387 e. The smallest absolute Gasteiger partial charge is 0.224 e. The topological polar surface area (TPSA) is 61.4 Å². The van der Waals surface area contributed by atoms with Crippen LogP contribution in [0.5, 0.6) is 0 Å². The molecule has 4 nitrogen and oxygen atoms in total. The van der Waals surface area contributed by atoms with E-state index < -0.39 is 5.60 Å². The molecular formula is C13H17FN2O2. The molecule has 0 bridgehead atoms. The third kappa shape index (κ3) is 3.51. The zero-order valence-corrected chi connectivity index (χ0v) is 10.1. The van der Waals surface area contributed by atoms with Crippen LogP contribution in [0.1, 0.15) is 12.0 Å². The van der Waals surface area contributed by atoms with Crippen molar-refractivity contribution in [3.8, 4) is 0 Å². The fraction of sp³-hybridized carbons (Fsp3) is 0.462. The molecule has 98 valence electrons. The summed E-state index contributed by atoms with van der Waals surface area (Å²) in [6.07, 6.45) is 0.841. The summed E-state index contributed by atoms with van der Waals surface area (Å²) in [6, 6.07) is 5.83. The summed E-state index contributed by atoms with van der Waals surface area (Å²) in [5.41, 5.74) is -0.0798. The average molecular weight is 252 g/mol. The van der Waals surface area contributed by atoms with Crippen molar-refractivity contribution in [1.29, 1.82) is 0 Å². The summed E-state index contributed by atoms with van der Waals surface area (Å²) in [6.45, 7) is 1.52. The molecule has 1 atom stereocenters. The van der Waals surface area contributed by atoms with Crippen LogP contribution < -0.4 is 10.6 Å². The zero-order chi connectivity index (χ0) is 13.0. The van der Waals surface area contributed by atoms with Crippen molar-refractivity contribution < 1.29 is 14.3 Å². The van der Waals surface area contributed by atoms with Crippen LogP contribution in [-0.4, -0.2) is 36.2 Å². The number of carbonyl (C=O) groups excluding carboxylic acids is 1. The van der Waals surface area contributed by atoms with Crippen molar-refractivity contribution in [2.24, 2.45) is 0 Å². The van der Waals surface area contributed by atoms with Gasteiger partial charge in [0.2, 0.25) is 5.91 Å². The number of hydrogen-bond donors (Lipinski definition) is 3. The number of rotatable bonds is 4. The minimum absolute atomic E-state index is 0.165. The van der Waals surface area contributed by atoms with E-state index in [1.54, 1.807) is 12.1 Å². The van der Waals surface area contributed by atoms with Gasteiger partial charge in [-0.05, 0) is 30.7 Å². The first-order valence-electron chi connectivity index (χ1n) is 6.02. The molecule has 1 fully saturated rings. The highest BCUT2D eigenvalue weighted by Gasteiger charge is 2.31. The molecule has 1 heterocycles. The molecule has 3 N–H and O–H groups in total. The van der Waals surface area contributed by atoms with Gasteiger partial charge in [-0.2, -0.15) is 0 Å². The molecular weight excluding hydrogens is 235 g/mol. The fourth-order valence-corrected chi connectivity index (χ4v) is 1.99. The zero-order valence-electron chi connectivity index (χ0n) is 10.1. The Kier molecular flexibility index (Phi) is 3.93. The van der Waals surface area contributed by atoms with Gasteiger partial charge in [-0.25, -0.2) is 4.39 Å². The molecule has 1 aliphatic heterocycles. The van der Waals surface area contributed by atoms with Gasteiger partial charge in [0.05, 0.1) is 12.0 Å². The molecule has 1 saturated heterocycles. The summed E-state index contributed by atoms with van der Waals surface area (Å²) in [7, 11) is 0. The second-order valence-corrected chi connectivity index (χ2v) is 4.73. The molecule has 1 unspecified atom stereocenters. The van der Waals surface area contributed by atoms with Crippen LogP contribution in [0.15, 0.2) is 24.3 Å². The van der Waals surface area contributed by atoms with E-state index in [1.807, 2.05) is 0 Å². The van der Waals surface area contributed by atoms with Crippen molar-refractivity contribution in [1.82, 2.24) is 10.6 Å².